The number of halogens is 1. The minimum absolute atomic E-state index is 0. The first kappa shape index (κ1) is 18.8. The van der Waals surface area contributed by atoms with E-state index in [1.54, 1.807) is 0 Å². The van der Waals surface area contributed by atoms with Crippen LogP contribution in [-0.2, 0) is 0 Å². The summed E-state index contributed by atoms with van der Waals surface area (Å²) in [6, 6.07) is 12.7. The predicted molar refractivity (Wildman–Crippen MR) is 103 cm³/mol. The molecular formula is C20H27ClN2O. The molecule has 130 valence electrons. The molecule has 1 saturated heterocycles. The number of rotatable bonds is 4. The molecule has 0 unspecified atom stereocenters. The number of hydrogen-bond acceptors (Lipinski definition) is 2. The second-order valence-corrected chi connectivity index (χ2v) is 6.28. The fourth-order valence-corrected chi connectivity index (χ4v) is 3.62. The predicted octanol–water partition coefficient (Wildman–Crippen LogP) is 4.21. The third-order valence-electron chi connectivity index (χ3n) is 4.99. The molecule has 1 aliphatic heterocycles. The Hall–Kier alpha value is -1.58. The van der Waals surface area contributed by atoms with Crippen LogP contribution in [0, 0.1) is 0 Å². The zero-order valence-corrected chi connectivity index (χ0v) is 15.4. The van der Waals surface area contributed by atoms with Crippen LogP contribution in [0.1, 0.15) is 48.5 Å². The summed E-state index contributed by atoms with van der Waals surface area (Å²) < 4.78 is 0. The first-order valence-electron chi connectivity index (χ1n) is 8.77. The lowest BCUT2D eigenvalue weighted by Crippen LogP contribution is -2.30. The van der Waals surface area contributed by atoms with Gasteiger partial charge in [0.05, 0.1) is 0 Å². The fourth-order valence-electron chi connectivity index (χ4n) is 3.62. The van der Waals surface area contributed by atoms with Gasteiger partial charge in [-0.25, -0.2) is 0 Å². The zero-order chi connectivity index (χ0) is 16.2. The van der Waals surface area contributed by atoms with Gasteiger partial charge in [0.15, 0.2) is 0 Å². The summed E-state index contributed by atoms with van der Waals surface area (Å²) in [5, 5.41) is 5.91. The number of carbonyl (C=O) groups excluding carboxylic acids is 1. The Bertz CT molecular complexity index is 691. The zero-order valence-electron chi connectivity index (χ0n) is 14.5. The molecule has 24 heavy (non-hydrogen) atoms. The summed E-state index contributed by atoms with van der Waals surface area (Å²) in [6.07, 6.45) is 2.39. The minimum Gasteiger partial charge on any atom is -0.339 e. The Balaban J connectivity index is 0.00000208. The maximum atomic E-state index is 12.6. The van der Waals surface area contributed by atoms with Gasteiger partial charge in [-0.2, -0.15) is 0 Å². The van der Waals surface area contributed by atoms with Crippen LogP contribution < -0.4 is 5.32 Å². The van der Waals surface area contributed by atoms with Gasteiger partial charge < -0.3 is 10.2 Å². The van der Waals surface area contributed by atoms with E-state index in [1.165, 1.54) is 29.2 Å². The highest BCUT2D eigenvalue weighted by molar-refractivity contribution is 5.99. The molecule has 1 heterocycles. The highest BCUT2D eigenvalue weighted by Gasteiger charge is 2.18. The molecule has 0 radical (unpaired) electrons. The normalized spacial score (nSPS) is 15.1. The van der Waals surface area contributed by atoms with Crippen LogP contribution in [0.25, 0.3) is 10.8 Å². The van der Waals surface area contributed by atoms with Gasteiger partial charge in [-0.15, -0.1) is 12.4 Å². The SMILES string of the molecule is CCN(CC)C(=O)c1ccc2c(C3CCNCC3)cccc2c1.Cl. The average molecular weight is 347 g/mol. The molecule has 4 heteroatoms. The van der Waals surface area contributed by atoms with Crippen molar-refractivity contribution in [3.05, 3.63) is 47.5 Å². The van der Waals surface area contributed by atoms with E-state index in [-0.39, 0.29) is 18.3 Å². The van der Waals surface area contributed by atoms with E-state index in [9.17, 15) is 4.79 Å². The molecule has 1 fully saturated rings. The molecular weight excluding hydrogens is 320 g/mol. The maximum absolute atomic E-state index is 12.6. The summed E-state index contributed by atoms with van der Waals surface area (Å²) in [6.45, 7) is 7.75. The standard InChI is InChI=1S/C20H26N2O.ClH/c1-3-22(4-2)20(23)17-8-9-19-16(14-17)6-5-7-18(19)15-10-12-21-13-11-15;/h5-9,14-15,21H,3-4,10-13H2,1-2H3;1H. The van der Waals surface area contributed by atoms with Crippen LogP contribution in [0.2, 0.25) is 0 Å². The summed E-state index contributed by atoms with van der Waals surface area (Å²) in [5.41, 5.74) is 2.23. The molecule has 0 atom stereocenters. The minimum atomic E-state index is 0. The summed E-state index contributed by atoms with van der Waals surface area (Å²) in [5.74, 6) is 0.758. The van der Waals surface area contributed by atoms with Crippen LogP contribution in [0.15, 0.2) is 36.4 Å². The Kier molecular flexibility index (Phi) is 6.64. The van der Waals surface area contributed by atoms with E-state index in [0.717, 1.165) is 31.7 Å². The molecule has 3 rings (SSSR count). The number of nitrogens with zero attached hydrogens (tertiary/aromatic N) is 1. The van der Waals surface area contributed by atoms with Gasteiger partial charge in [0, 0.05) is 18.7 Å². The van der Waals surface area contributed by atoms with Gasteiger partial charge in [-0.1, -0.05) is 24.3 Å². The Labute approximate surface area is 150 Å². The number of nitrogens with one attached hydrogen (secondary N) is 1. The van der Waals surface area contributed by atoms with Crippen LogP contribution >= 0.6 is 12.4 Å². The van der Waals surface area contributed by atoms with E-state index < -0.39 is 0 Å². The van der Waals surface area contributed by atoms with Gasteiger partial charge in [0.25, 0.3) is 5.91 Å². The molecule has 0 saturated carbocycles. The third kappa shape index (κ3) is 3.73. The smallest absolute Gasteiger partial charge is 0.253 e. The third-order valence-corrected chi connectivity index (χ3v) is 4.99. The van der Waals surface area contributed by atoms with Crippen LogP contribution in [0.4, 0.5) is 0 Å². The van der Waals surface area contributed by atoms with E-state index >= 15 is 0 Å². The number of amides is 1. The summed E-state index contributed by atoms with van der Waals surface area (Å²) in [4.78, 5) is 14.4. The molecule has 2 aromatic rings. The molecule has 0 bridgehead atoms. The first-order chi connectivity index (χ1) is 11.2. The molecule has 1 N–H and O–H groups in total. The quantitative estimate of drug-likeness (QED) is 0.899. The monoisotopic (exact) mass is 346 g/mol. The van der Waals surface area contributed by atoms with Gasteiger partial charge in [-0.05, 0) is 74.2 Å². The number of piperidine rings is 1. The lowest BCUT2D eigenvalue weighted by atomic mass is 9.86. The van der Waals surface area contributed by atoms with Crippen LogP contribution in [0.5, 0.6) is 0 Å². The van der Waals surface area contributed by atoms with Crippen molar-refractivity contribution >= 4 is 29.1 Å². The van der Waals surface area contributed by atoms with E-state index in [0.29, 0.717) is 5.92 Å². The van der Waals surface area contributed by atoms with E-state index in [4.69, 9.17) is 0 Å². The summed E-state index contributed by atoms with van der Waals surface area (Å²) in [7, 11) is 0. The van der Waals surface area contributed by atoms with Gasteiger partial charge in [-0.3, -0.25) is 4.79 Å². The Morgan fingerprint density at radius 3 is 2.50 bits per heavy atom. The topological polar surface area (TPSA) is 32.3 Å². The van der Waals surface area contributed by atoms with Crippen molar-refractivity contribution < 1.29 is 4.79 Å². The first-order valence-corrected chi connectivity index (χ1v) is 8.77. The van der Waals surface area contributed by atoms with E-state index in [2.05, 4.69) is 35.6 Å². The van der Waals surface area contributed by atoms with Crippen molar-refractivity contribution in [3.8, 4) is 0 Å². The number of hydrogen-bond donors (Lipinski definition) is 1. The van der Waals surface area contributed by atoms with Crippen molar-refractivity contribution in [3.63, 3.8) is 0 Å². The van der Waals surface area contributed by atoms with Crippen molar-refractivity contribution in [2.24, 2.45) is 0 Å². The molecule has 1 aliphatic rings. The van der Waals surface area contributed by atoms with Crippen molar-refractivity contribution in [1.82, 2.24) is 10.2 Å². The lowest BCUT2D eigenvalue weighted by Gasteiger charge is -2.24. The highest BCUT2D eigenvalue weighted by Crippen LogP contribution is 2.31. The van der Waals surface area contributed by atoms with E-state index in [1.807, 2.05) is 24.8 Å². The van der Waals surface area contributed by atoms with Gasteiger partial charge in [0.1, 0.15) is 0 Å². The molecule has 0 aromatic heterocycles. The number of fused-ring (bicyclic) bond motifs is 1. The molecule has 2 aromatic carbocycles. The molecule has 0 spiro atoms. The molecule has 3 nitrogen and oxygen atoms in total. The average Bonchev–Trinajstić information content (AvgIpc) is 2.62. The molecule has 1 amide bonds. The second kappa shape index (κ2) is 8.50. The molecule has 0 aliphatic carbocycles. The Morgan fingerprint density at radius 1 is 1.12 bits per heavy atom. The summed E-state index contributed by atoms with van der Waals surface area (Å²) >= 11 is 0. The highest BCUT2D eigenvalue weighted by atomic mass is 35.5. The van der Waals surface area contributed by atoms with Gasteiger partial charge in [0.2, 0.25) is 0 Å². The van der Waals surface area contributed by atoms with Crippen LogP contribution in [0.3, 0.4) is 0 Å². The van der Waals surface area contributed by atoms with Gasteiger partial charge >= 0.3 is 0 Å². The largest absolute Gasteiger partial charge is 0.339 e. The van der Waals surface area contributed by atoms with Crippen molar-refractivity contribution in [1.29, 1.82) is 0 Å². The second-order valence-electron chi connectivity index (χ2n) is 6.28. The van der Waals surface area contributed by atoms with Crippen molar-refractivity contribution in [2.75, 3.05) is 26.2 Å². The lowest BCUT2D eigenvalue weighted by molar-refractivity contribution is 0.0773. The number of benzene rings is 2. The number of carbonyl (C=O) groups is 1. The maximum Gasteiger partial charge on any atom is 0.253 e. The van der Waals surface area contributed by atoms with Crippen molar-refractivity contribution in [2.45, 2.75) is 32.6 Å². The fraction of sp³-hybridized carbons (Fsp3) is 0.450. The Morgan fingerprint density at radius 2 is 1.83 bits per heavy atom. The van der Waals surface area contributed by atoms with Crippen LogP contribution in [-0.4, -0.2) is 37.0 Å².